The van der Waals surface area contributed by atoms with Crippen LogP contribution >= 0.6 is 0 Å². The molecule has 1 aliphatic carbocycles. The van der Waals surface area contributed by atoms with E-state index in [9.17, 15) is 14.7 Å². The van der Waals surface area contributed by atoms with Crippen molar-refractivity contribution in [2.75, 3.05) is 24.6 Å². The minimum Gasteiger partial charge on any atom is -0.490 e. The number of nitrogens with zero attached hydrogens (tertiary/aromatic N) is 3. The highest BCUT2D eigenvalue weighted by molar-refractivity contribution is 5.94. The van der Waals surface area contributed by atoms with Crippen LogP contribution in [0.4, 0.5) is 5.95 Å². The molecule has 2 heterocycles. The van der Waals surface area contributed by atoms with Crippen molar-refractivity contribution in [1.82, 2.24) is 15.3 Å². The first-order valence-corrected chi connectivity index (χ1v) is 11.5. The smallest absolute Gasteiger partial charge is 0.308 e. The minimum atomic E-state index is -0.866. The van der Waals surface area contributed by atoms with Crippen LogP contribution in [0, 0.1) is 5.92 Å². The molecule has 1 aromatic heterocycles. The highest BCUT2D eigenvalue weighted by Crippen LogP contribution is 2.30. The Labute approximate surface area is 193 Å². The second-order valence-electron chi connectivity index (χ2n) is 8.44. The molecule has 9 nitrogen and oxygen atoms in total. The fraction of sp³-hybridized carbons (Fsp3) is 0.500. The summed E-state index contributed by atoms with van der Waals surface area (Å²) in [5.41, 5.74) is 0.324. The van der Waals surface area contributed by atoms with Gasteiger partial charge in [0.1, 0.15) is 6.10 Å². The number of rotatable bonds is 8. The summed E-state index contributed by atoms with van der Waals surface area (Å²) in [6, 6.07) is 7.30. The highest BCUT2D eigenvalue weighted by Gasteiger charge is 2.34. The summed E-state index contributed by atoms with van der Waals surface area (Å²) >= 11 is 0. The van der Waals surface area contributed by atoms with Crippen molar-refractivity contribution in [3.05, 3.63) is 42.2 Å². The molecule has 0 bridgehead atoms. The molecule has 2 aliphatic rings. The van der Waals surface area contributed by atoms with Crippen molar-refractivity contribution in [2.24, 2.45) is 5.92 Å². The number of carbonyl (C=O) groups excluding carboxylic acids is 1. The fourth-order valence-electron chi connectivity index (χ4n) is 4.50. The number of nitrogens with one attached hydrogen (secondary N) is 1. The third-order valence-corrected chi connectivity index (χ3v) is 6.15. The first kappa shape index (κ1) is 22.8. The highest BCUT2D eigenvalue weighted by atomic mass is 16.5. The number of benzene rings is 1. The molecule has 176 valence electrons. The van der Waals surface area contributed by atoms with E-state index < -0.39 is 11.9 Å². The van der Waals surface area contributed by atoms with Crippen molar-refractivity contribution in [3.63, 3.8) is 0 Å². The molecule has 2 N–H and O–H groups in total. The van der Waals surface area contributed by atoms with Gasteiger partial charge >= 0.3 is 5.97 Å². The normalized spacial score (nSPS) is 22.6. The lowest BCUT2D eigenvalue weighted by Gasteiger charge is -2.33. The number of aromatic nitrogens is 2. The van der Waals surface area contributed by atoms with Gasteiger partial charge in [0.2, 0.25) is 5.95 Å². The molecule has 1 saturated carbocycles. The topological polar surface area (TPSA) is 114 Å². The predicted octanol–water partition coefficient (Wildman–Crippen LogP) is 2.91. The maximum absolute atomic E-state index is 12.6. The summed E-state index contributed by atoms with van der Waals surface area (Å²) in [5, 5.41) is 12.1. The Balaban J connectivity index is 1.36. The van der Waals surface area contributed by atoms with E-state index in [0.29, 0.717) is 37.5 Å². The molecule has 3 atom stereocenters. The molecule has 2 aromatic rings. The molecular formula is C24H30N4O5. The molecule has 33 heavy (non-hydrogen) atoms. The second-order valence-corrected chi connectivity index (χ2v) is 8.44. The lowest BCUT2D eigenvalue weighted by atomic mass is 10.0. The van der Waals surface area contributed by atoms with Crippen LogP contribution in [0.5, 0.6) is 11.5 Å². The lowest BCUT2D eigenvalue weighted by molar-refractivity contribution is -0.142. The molecule has 1 aromatic carbocycles. The van der Waals surface area contributed by atoms with Crippen molar-refractivity contribution in [3.8, 4) is 11.5 Å². The van der Waals surface area contributed by atoms with Gasteiger partial charge in [-0.2, -0.15) is 0 Å². The summed E-state index contributed by atoms with van der Waals surface area (Å²) in [6.07, 6.45) is 6.88. The van der Waals surface area contributed by atoms with Crippen LogP contribution < -0.4 is 19.7 Å². The van der Waals surface area contributed by atoms with E-state index in [1.165, 1.54) is 12.4 Å². The average Bonchev–Trinajstić information content (AvgIpc) is 3.29. The zero-order chi connectivity index (χ0) is 23.2. The van der Waals surface area contributed by atoms with E-state index in [2.05, 4.69) is 20.2 Å². The van der Waals surface area contributed by atoms with Crippen molar-refractivity contribution in [1.29, 1.82) is 0 Å². The number of carboxylic acid groups (broad SMARTS) is 1. The zero-order valence-electron chi connectivity index (χ0n) is 18.8. The Morgan fingerprint density at radius 3 is 2.61 bits per heavy atom. The third-order valence-electron chi connectivity index (χ3n) is 6.15. The van der Waals surface area contributed by atoms with Crippen LogP contribution in [0.25, 0.3) is 0 Å². The standard InChI is InChI=1S/C24H30N4O5/c1-2-32-20-10-3-4-11-21(20)33-17-7-6-12-28(15-17)24-25-13-16(14-26-24)22(29)27-19-9-5-8-18(19)23(30)31/h3-4,10-11,13-14,17-19H,2,5-9,12,15H2,1H3,(H,27,29)(H,30,31)/t17?,18-,19?/m0/s1. The number of aliphatic carboxylic acids is 1. The van der Waals surface area contributed by atoms with Crippen LogP contribution in [0.2, 0.25) is 0 Å². The largest absolute Gasteiger partial charge is 0.490 e. The quantitative estimate of drug-likeness (QED) is 0.626. The molecule has 0 spiro atoms. The average molecular weight is 455 g/mol. The third kappa shape index (κ3) is 5.53. The second kappa shape index (κ2) is 10.5. The first-order valence-electron chi connectivity index (χ1n) is 11.5. The van der Waals surface area contributed by atoms with Gasteiger partial charge in [0, 0.05) is 25.0 Å². The number of amides is 1. The van der Waals surface area contributed by atoms with E-state index in [-0.39, 0.29) is 18.1 Å². The number of carboxylic acids is 1. The number of carbonyl (C=O) groups is 2. The number of piperidine rings is 1. The number of hydrogen-bond donors (Lipinski definition) is 2. The molecule has 2 unspecified atom stereocenters. The first-order chi connectivity index (χ1) is 16.0. The van der Waals surface area contributed by atoms with Gasteiger partial charge in [-0.3, -0.25) is 9.59 Å². The molecule has 1 amide bonds. The molecular weight excluding hydrogens is 424 g/mol. The van der Waals surface area contributed by atoms with E-state index >= 15 is 0 Å². The van der Waals surface area contributed by atoms with Gasteiger partial charge in [-0.05, 0) is 44.7 Å². The number of anilines is 1. The Kier molecular flexibility index (Phi) is 7.26. The molecule has 1 aliphatic heterocycles. The Morgan fingerprint density at radius 1 is 1.12 bits per heavy atom. The van der Waals surface area contributed by atoms with Crippen LogP contribution in [-0.2, 0) is 4.79 Å². The SMILES string of the molecule is CCOc1ccccc1OC1CCCN(c2ncc(C(=O)NC3CCC[C@@H]3C(=O)O)cn2)C1. The van der Waals surface area contributed by atoms with E-state index in [4.69, 9.17) is 9.47 Å². The predicted molar refractivity (Wildman–Crippen MR) is 122 cm³/mol. The Morgan fingerprint density at radius 2 is 1.88 bits per heavy atom. The van der Waals surface area contributed by atoms with Gasteiger partial charge in [0.15, 0.2) is 11.5 Å². The number of para-hydroxylation sites is 2. The lowest BCUT2D eigenvalue weighted by Crippen LogP contribution is -2.42. The fourth-order valence-corrected chi connectivity index (χ4v) is 4.50. The van der Waals surface area contributed by atoms with E-state index in [1.54, 1.807) is 0 Å². The maximum atomic E-state index is 12.6. The van der Waals surface area contributed by atoms with Crippen molar-refractivity contribution < 1.29 is 24.2 Å². The van der Waals surface area contributed by atoms with Crippen LogP contribution in [-0.4, -0.2) is 58.8 Å². The van der Waals surface area contributed by atoms with Gasteiger partial charge < -0.3 is 24.8 Å². The van der Waals surface area contributed by atoms with Gasteiger partial charge in [-0.1, -0.05) is 18.6 Å². The van der Waals surface area contributed by atoms with Gasteiger partial charge in [-0.25, -0.2) is 9.97 Å². The zero-order valence-corrected chi connectivity index (χ0v) is 18.8. The maximum Gasteiger partial charge on any atom is 0.308 e. The van der Waals surface area contributed by atoms with Crippen LogP contribution in [0.15, 0.2) is 36.7 Å². The van der Waals surface area contributed by atoms with E-state index in [1.807, 2.05) is 31.2 Å². The summed E-state index contributed by atoms with van der Waals surface area (Å²) in [6.45, 7) is 3.95. The summed E-state index contributed by atoms with van der Waals surface area (Å²) in [7, 11) is 0. The summed E-state index contributed by atoms with van der Waals surface area (Å²) in [5.74, 6) is 0.263. The van der Waals surface area contributed by atoms with Crippen molar-refractivity contribution in [2.45, 2.75) is 51.2 Å². The molecule has 9 heteroatoms. The Hall–Kier alpha value is -3.36. The van der Waals surface area contributed by atoms with Gasteiger partial charge in [-0.15, -0.1) is 0 Å². The molecule has 4 rings (SSSR count). The molecule has 2 fully saturated rings. The van der Waals surface area contributed by atoms with E-state index in [0.717, 1.165) is 37.3 Å². The van der Waals surface area contributed by atoms with Crippen molar-refractivity contribution >= 4 is 17.8 Å². The van der Waals surface area contributed by atoms with Crippen LogP contribution in [0.1, 0.15) is 49.4 Å². The molecule has 1 saturated heterocycles. The van der Waals surface area contributed by atoms with Gasteiger partial charge in [0.25, 0.3) is 5.91 Å². The summed E-state index contributed by atoms with van der Waals surface area (Å²) in [4.78, 5) is 34.8. The monoisotopic (exact) mass is 454 g/mol. The minimum absolute atomic E-state index is 0.0257. The number of hydrogen-bond acceptors (Lipinski definition) is 7. The molecule has 0 radical (unpaired) electrons. The number of ether oxygens (including phenoxy) is 2. The van der Waals surface area contributed by atoms with Gasteiger partial charge in [0.05, 0.1) is 24.6 Å². The Bertz CT molecular complexity index is 968. The summed E-state index contributed by atoms with van der Waals surface area (Å²) < 4.78 is 11.9. The van der Waals surface area contributed by atoms with Crippen LogP contribution in [0.3, 0.4) is 0 Å².